The average Bonchev–Trinajstić information content (AvgIpc) is 2.70. The van der Waals surface area contributed by atoms with Gasteiger partial charge in [0, 0.05) is 19.6 Å². The number of benzene rings is 3. The highest BCUT2D eigenvalue weighted by Crippen LogP contribution is 2.26. The Labute approximate surface area is 150 Å². The van der Waals surface area contributed by atoms with Crippen molar-refractivity contribution in [3.63, 3.8) is 0 Å². The number of rotatable bonds is 4. The molecule has 1 aliphatic heterocycles. The molecule has 25 heavy (non-hydrogen) atoms. The Bertz CT molecular complexity index is 832. The van der Waals surface area contributed by atoms with Crippen molar-refractivity contribution < 1.29 is 0 Å². The van der Waals surface area contributed by atoms with E-state index in [-0.39, 0.29) is 0 Å². The van der Waals surface area contributed by atoms with Gasteiger partial charge in [-0.15, -0.1) is 0 Å². The molecule has 3 aromatic carbocycles. The summed E-state index contributed by atoms with van der Waals surface area (Å²) in [4.78, 5) is 2.51. The highest BCUT2D eigenvalue weighted by Gasteiger charge is 2.13. The van der Waals surface area contributed by atoms with E-state index < -0.39 is 0 Å². The molecule has 1 heterocycles. The van der Waals surface area contributed by atoms with Crippen LogP contribution in [0.3, 0.4) is 0 Å². The molecule has 1 heteroatoms. The van der Waals surface area contributed by atoms with Gasteiger partial charge in [0.25, 0.3) is 0 Å². The lowest BCUT2D eigenvalue weighted by molar-refractivity contribution is 0.294. The largest absolute Gasteiger partial charge is 0.295 e. The third kappa shape index (κ3) is 3.89. The molecular formula is C24H23N. The number of hydrogen-bond donors (Lipinski definition) is 0. The van der Waals surface area contributed by atoms with Crippen LogP contribution in [-0.4, -0.2) is 18.0 Å². The second-order valence-electron chi connectivity index (χ2n) is 6.64. The average molecular weight is 325 g/mol. The minimum Gasteiger partial charge on any atom is -0.295 e. The highest BCUT2D eigenvalue weighted by molar-refractivity contribution is 5.71. The fraction of sp³-hybridized carbons (Fsp3) is 0.167. The van der Waals surface area contributed by atoms with Gasteiger partial charge < -0.3 is 0 Å². The van der Waals surface area contributed by atoms with Crippen molar-refractivity contribution in [2.45, 2.75) is 13.0 Å². The standard InChI is InChI=1S/C24H23N/c1-3-7-20(8-4-1)19-25-17-15-24(16-18-25)23-13-11-22(12-14-23)21-9-5-2-6-10-21/h1-15H,16-19H2. The first kappa shape index (κ1) is 15.9. The van der Waals surface area contributed by atoms with E-state index in [0.29, 0.717) is 0 Å². The first-order valence-corrected chi connectivity index (χ1v) is 9.00. The van der Waals surface area contributed by atoms with Crippen LogP contribution in [-0.2, 0) is 6.54 Å². The Morgan fingerprint density at radius 2 is 1.24 bits per heavy atom. The molecule has 0 fully saturated rings. The Hall–Kier alpha value is -2.64. The molecule has 0 N–H and O–H groups in total. The monoisotopic (exact) mass is 325 g/mol. The van der Waals surface area contributed by atoms with E-state index in [0.717, 1.165) is 26.1 Å². The lowest BCUT2D eigenvalue weighted by atomic mass is 9.96. The van der Waals surface area contributed by atoms with E-state index in [4.69, 9.17) is 0 Å². The SMILES string of the molecule is C1=C(c2ccc(-c3ccccc3)cc2)CCN(Cc2ccccc2)C1. The van der Waals surface area contributed by atoms with Gasteiger partial charge >= 0.3 is 0 Å². The maximum atomic E-state index is 2.51. The molecule has 124 valence electrons. The minimum absolute atomic E-state index is 1.03. The summed E-state index contributed by atoms with van der Waals surface area (Å²) in [6, 6.07) is 30.3. The Kier molecular flexibility index (Phi) is 4.76. The topological polar surface area (TPSA) is 3.24 Å². The molecular weight excluding hydrogens is 302 g/mol. The molecule has 0 atom stereocenters. The summed E-state index contributed by atoms with van der Waals surface area (Å²) in [5, 5.41) is 0. The van der Waals surface area contributed by atoms with Crippen LogP contribution in [0.15, 0.2) is 91.0 Å². The van der Waals surface area contributed by atoms with E-state index in [2.05, 4.69) is 95.9 Å². The summed E-state index contributed by atoms with van der Waals surface area (Å²) in [6.07, 6.45) is 3.52. The summed E-state index contributed by atoms with van der Waals surface area (Å²) in [5.41, 5.74) is 6.79. The van der Waals surface area contributed by atoms with E-state index in [1.807, 2.05) is 0 Å². The third-order valence-corrected chi connectivity index (χ3v) is 4.91. The summed E-state index contributed by atoms with van der Waals surface area (Å²) < 4.78 is 0. The van der Waals surface area contributed by atoms with Crippen LogP contribution < -0.4 is 0 Å². The smallest absolute Gasteiger partial charge is 0.0237 e. The molecule has 0 radical (unpaired) electrons. The third-order valence-electron chi connectivity index (χ3n) is 4.91. The van der Waals surface area contributed by atoms with Crippen LogP contribution in [0.5, 0.6) is 0 Å². The van der Waals surface area contributed by atoms with E-state index in [1.54, 1.807) is 0 Å². The van der Waals surface area contributed by atoms with Crippen LogP contribution in [0, 0.1) is 0 Å². The number of nitrogens with zero attached hydrogens (tertiary/aromatic N) is 1. The van der Waals surface area contributed by atoms with Gasteiger partial charge in [-0.25, -0.2) is 0 Å². The second kappa shape index (κ2) is 7.50. The Balaban J connectivity index is 1.43. The molecule has 0 amide bonds. The highest BCUT2D eigenvalue weighted by atomic mass is 15.1. The van der Waals surface area contributed by atoms with E-state index in [1.165, 1.54) is 27.8 Å². The van der Waals surface area contributed by atoms with Gasteiger partial charge in [0.1, 0.15) is 0 Å². The fourth-order valence-corrected chi connectivity index (χ4v) is 3.47. The molecule has 0 saturated heterocycles. The van der Waals surface area contributed by atoms with Crippen molar-refractivity contribution in [1.29, 1.82) is 0 Å². The fourth-order valence-electron chi connectivity index (χ4n) is 3.47. The van der Waals surface area contributed by atoms with Gasteiger partial charge in [-0.2, -0.15) is 0 Å². The second-order valence-corrected chi connectivity index (χ2v) is 6.64. The van der Waals surface area contributed by atoms with Crippen molar-refractivity contribution in [3.05, 3.63) is 102 Å². The molecule has 0 aromatic heterocycles. The molecule has 1 aliphatic rings. The lowest BCUT2D eigenvalue weighted by Gasteiger charge is -2.26. The lowest BCUT2D eigenvalue weighted by Crippen LogP contribution is -2.27. The normalized spacial score (nSPS) is 15.0. The van der Waals surface area contributed by atoms with E-state index >= 15 is 0 Å². The van der Waals surface area contributed by atoms with Crippen molar-refractivity contribution in [1.82, 2.24) is 4.90 Å². The predicted molar refractivity (Wildman–Crippen MR) is 106 cm³/mol. The van der Waals surface area contributed by atoms with Gasteiger partial charge in [-0.3, -0.25) is 4.90 Å². The van der Waals surface area contributed by atoms with Gasteiger partial charge in [-0.05, 0) is 34.2 Å². The molecule has 3 aromatic rings. The maximum absolute atomic E-state index is 2.51. The Morgan fingerprint density at radius 3 is 1.88 bits per heavy atom. The van der Waals surface area contributed by atoms with Gasteiger partial charge in [0.15, 0.2) is 0 Å². The van der Waals surface area contributed by atoms with Crippen molar-refractivity contribution in [2.24, 2.45) is 0 Å². The summed E-state index contributed by atoms with van der Waals surface area (Å²) in [6.45, 7) is 3.20. The Morgan fingerprint density at radius 1 is 0.640 bits per heavy atom. The summed E-state index contributed by atoms with van der Waals surface area (Å²) in [5.74, 6) is 0. The molecule has 1 nitrogen and oxygen atoms in total. The zero-order valence-corrected chi connectivity index (χ0v) is 14.4. The van der Waals surface area contributed by atoms with Crippen molar-refractivity contribution >= 4 is 5.57 Å². The zero-order chi connectivity index (χ0) is 16.9. The van der Waals surface area contributed by atoms with Gasteiger partial charge in [0.05, 0.1) is 0 Å². The quantitative estimate of drug-likeness (QED) is 0.600. The van der Waals surface area contributed by atoms with Crippen LogP contribution in [0.1, 0.15) is 17.5 Å². The van der Waals surface area contributed by atoms with Gasteiger partial charge in [0.2, 0.25) is 0 Å². The number of hydrogen-bond acceptors (Lipinski definition) is 1. The van der Waals surface area contributed by atoms with Crippen molar-refractivity contribution in [3.8, 4) is 11.1 Å². The molecule has 0 bridgehead atoms. The van der Waals surface area contributed by atoms with Crippen LogP contribution in [0.4, 0.5) is 0 Å². The van der Waals surface area contributed by atoms with Gasteiger partial charge in [-0.1, -0.05) is 91.0 Å². The summed E-state index contributed by atoms with van der Waals surface area (Å²) in [7, 11) is 0. The molecule has 0 aliphatic carbocycles. The van der Waals surface area contributed by atoms with E-state index in [9.17, 15) is 0 Å². The van der Waals surface area contributed by atoms with Crippen LogP contribution in [0.25, 0.3) is 16.7 Å². The first-order chi connectivity index (χ1) is 12.4. The van der Waals surface area contributed by atoms with Crippen LogP contribution >= 0.6 is 0 Å². The minimum atomic E-state index is 1.03. The van der Waals surface area contributed by atoms with Crippen molar-refractivity contribution in [2.75, 3.05) is 13.1 Å². The first-order valence-electron chi connectivity index (χ1n) is 9.00. The molecule has 0 saturated carbocycles. The van der Waals surface area contributed by atoms with Crippen LogP contribution in [0.2, 0.25) is 0 Å². The maximum Gasteiger partial charge on any atom is 0.0237 e. The zero-order valence-electron chi connectivity index (χ0n) is 14.4. The molecule has 4 rings (SSSR count). The molecule has 0 unspecified atom stereocenters. The summed E-state index contributed by atoms with van der Waals surface area (Å²) >= 11 is 0. The predicted octanol–water partition coefficient (Wildman–Crippen LogP) is 5.64. The molecule has 0 spiro atoms.